The lowest BCUT2D eigenvalue weighted by Crippen LogP contribution is -2.21. The van der Waals surface area contributed by atoms with Crippen molar-refractivity contribution in [1.29, 1.82) is 0 Å². The van der Waals surface area contributed by atoms with Gasteiger partial charge in [-0.25, -0.2) is 4.98 Å². The zero-order chi connectivity index (χ0) is 29.1. The lowest BCUT2D eigenvalue weighted by Gasteiger charge is -2.17. The summed E-state index contributed by atoms with van der Waals surface area (Å²) in [5, 5.41) is 5.04. The molecule has 9 nitrogen and oxygen atoms in total. The van der Waals surface area contributed by atoms with Crippen LogP contribution in [0.5, 0.6) is 17.2 Å². The van der Waals surface area contributed by atoms with Gasteiger partial charge in [0, 0.05) is 15.6 Å². The van der Waals surface area contributed by atoms with E-state index < -0.39 is 5.91 Å². The van der Waals surface area contributed by atoms with Crippen LogP contribution in [0.4, 0.5) is 0 Å². The van der Waals surface area contributed by atoms with Crippen LogP contribution in [0.2, 0.25) is 0 Å². The average Bonchev–Trinajstić information content (AvgIpc) is 2.93. The summed E-state index contributed by atoms with van der Waals surface area (Å²) in [4.78, 5) is 29.9. The van der Waals surface area contributed by atoms with Crippen LogP contribution < -0.4 is 25.5 Å². The topological polar surface area (TPSA) is 118 Å². The fourth-order valence-corrected chi connectivity index (χ4v) is 5.16. The molecule has 0 radical (unpaired) electrons. The van der Waals surface area contributed by atoms with Crippen LogP contribution in [-0.2, 0) is 4.79 Å². The van der Waals surface area contributed by atoms with Gasteiger partial charge in [0.15, 0.2) is 23.9 Å². The van der Waals surface area contributed by atoms with E-state index >= 15 is 0 Å². The first-order chi connectivity index (χ1) is 19.1. The van der Waals surface area contributed by atoms with Crippen molar-refractivity contribution < 1.29 is 19.0 Å². The molecule has 0 unspecified atom stereocenters. The van der Waals surface area contributed by atoms with Crippen LogP contribution in [-0.4, -0.2) is 42.6 Å². The Kier molecular flexibility index (Phi) is 8.95. The van der Waals surface area contributed by atoms with Crippen LogP contribution in [0.1, 0.15) is 36.5 Å². The van der Waals surface area contributed by atoms with Crippen molar-refractivity contribution in [1.82, 2.24) is 9.66 Å². The Morgan fingerprint density at radius 3 is 2.45 bits per heavy atom. The molecule has 2 N–H and O–H groups in total. The van der Waals surface area contributed by atoms with Gasteiger partial charge in [-0.3, -0.25) is 9.59 Å². The number of amides is 1. The Hall–Kier alpha value is -3.70. The number of ether oxygens (including phenoxy) is 3. The molecule has 40 heavy (non-hydrogen) atoms. The summed E-state index contributed by atoms with van der Waals surface area (Å²) in [6.45, 7) is 5.78. The van der Waals surface area contributed by atoms with Crippen LogP contribution >= 0.6 is 31.9 Å². The molecule has 0 saturated heterocycles. The number of benzene rings is 3. The van der Waals surface area contributed by atoms with Crippen molar-refractivity contribution in [3.05, 3.63) is 78.5 Å². The molecule has 0 bridgehead atoms. The number of rotatable bonds is 9. The third kappa shape index (κ3) is 5.75. The molecule has 1 heterocycles. The Labute approximate surface area is 248 Å². The largest absolute Gasteiger partial charge is 0.496 e. The number of halogens is 2. The van der Waals surface area contributed by atoms with E-state index in [1.165, 1.54) is 18.0 Å². The summed E-state index contributed by atoms with van der Waals surface area (Å²) in [5.41, 5.74) is 8.69. The van der Waals surface area contributed by atoms with E-state index in [-0.39, 0.29) is 18.1 Å². The van der Waals surface area contributed by atoms with Crippen molar-refractivity contribution in [3.8, 4) is 28.6 Å². The van der Waals surface area contributed by atoms with Gasteiger partial charge in [-0.1, -0.05) is 26.0 Å². The molecule has 4 aromatic rings. The molecule has 3 aromatic carbocycles. The lowest BCUT2D eigenvalue weighted by molar-refractivity contribution is -0.119. The van der Waals surface area contributed by atoms with Gasteiger partial charge in [-0.05, 0) is 86.2 Å². The lowest BCUT2D eigenvalue weighted by atomic mass is 9.96. The van der Waals surface area contributed by atoms with Gasteiger partial charge in [-0.2, -0.15) is 9.78 Å². The molecule has 0 fully saturated rings. The Morgan fingerprint density at radius 1 is 1.10 bits per heavy atom. The molecule has 0 aliphatic rings. The molecule has 0 atom stereocenters. The normalized spacial score (nSPS) is 11.4. The van der Waals surface area contributed by atoms with E-state index in [0.29, 0.717) is 42.7 Å². The van der Waals surface area contributed by atoms with Crippen LogP contribution in [0.25, 0.3) is 22.3 Å². The summed E-state index contributed by atoms with van der Waals surface area (Å²) in [6, 6.07) is 12.8. The highest BCUT2D eigenvalue weighted by Gasteiger charge is 2.20. The first-order valence-corrected chi connectivity index (χ1v) is 13.9. The second-order valence-electron chi connectivity index (χ2n) is 9.26. The van der Waals surface area contributed by atoms with Crippen LogP contribution in [0.15, 0.2) is 61.3 Å². The van der Waals surface area contributed by atoms with Gasteiger partial charge in [-0.15, -0.1) is 0 Å². The number of para-hydroxylation sites is 1. The number of nitrogens with two attached hydrogens (primary N) is 1. The number of methoxy groups -OCH3 is 2. The Morgan fingerprint density at radius 2 is 1.80 bits per heavy atom. The molecule has 0 saturated carbocycles. The third-order valence-corrected chi connectivity index (χ3v) is 8.38. The van der Waals surface area contributed by atoms with Gasteiger partial charge in [0.2, 0.25) is 0 Å². The quantitative estimate of drug-likeness (QED) is 0.225. The smallest absolute Gasteiger partial charge is 0.282 e. The molecule has 0 spiro atoms. The number of hydrogen-bond donors (Lipinski definition) is 1. The maximum atomic E-state index is 13.8. The van der Waals surface area contributed by atoms with E-state index in [9.17, 15) is 9.59 Å². The number of hydrogen-bond acceptors (Lipinski definition) is 7. The summed E-state index contributed by atoms with van der Waals surface area (Å²) in [6.07, 6.45) is 1.53. The number of nitrogens with zero attached hydrogens (tertiary/aromatic N) is 3. The van der Waals surface area contributed by atoms with Gasteiger partial charge >= 0.3 is 0 Å². The number of aromatic nitrogens is 2. The van der Waals surface area contributed by atoms with Gasteiger partial charge in [0.25, 0.3) is 11.5 Å². The zero-order valence-corrected chi connectivity index (χ0v) is 25.8. The first-order valence-electron chi connectivity index (χ1n) is 12.3. The first kappa shape index (κ1) is 29.3. The van der Waals surface area contributed by atoms with E-state index in [4.69, 9.17) is 24.9 Å². The zero-order valence-electron chi connectivity index (χ0n) is 22.6. The molecule has 1 amide bonds. The number of aryl methyl sites for hydroxylation is 1. The predicted molar refractivity (Wildman–Crippen MR) is 163 cm³/mol. The fourth-order valence-electron chi connectivity index (χ4n) is 4.22. The van der Waals surface area contributed by atoms with E-state index in [2.05, 4.69) is 50.8 Å². The molecule has 0 aliphatic heterocycles. The number of carbonyl (C=O) groups is 1. The molecule has 208 valence electrons. The van der Waals surface area contributed by atoms with E-state index in [0.717, 1.165) is 22.4 Å². The highest BCUT2D eigenvalue weighted by atomic mass is 79.9. The minimum atomic E-state index is -0.624. The standard InChI is InChI=1S/C29H28Br2N4O5/c1-15(2)19-12-20(16(3)10-22(19)38-4)28-34-21-9-7-6-8-18(21)29(37)35(28)33-13-17-11-23(39-5)27(26(31)25(17)30)40-14-24(32)36/h6-13,15H,14H2,1-5H3,(H2,32,36). The molecular formula is C29H28Br2N4O5. The van der Waals surface area contributed by atoms with Crippen molar-refractivity contribution in [2.45, 2.75) is 26.7 Å². The maximum absolute atomic E-state index is 13.8. The second kappa shape index (κ2) is 12.2. The second-order valence-corrected chi connectivity index (χ2v) is 10.8. The minimum absolute atomic E-state index is 0.175. The Bertz CT molecular complexity index is 1700. The summed E-state index contributed by atoms with van der Waals surface area (Å²) >= 11 is 7.03. The number of primary amides is 1. The van der Waals surface area contributed by atoms with E-state index in [1.807, 2.05) is 25.1 Å². The summed E-state index contributed by atoms with van der Waals surface area (Å²) in [7, 11) is 3.12. The number of carbonyl (C=O) groups excluding carboxylic acids is 1. The van der Waals surface area contributed by atoms with Gasteiger partial charge in [0.05, 0.1) is 35.8 Å². The monoisotopic (exact) mass is 670 g/mol. The van der Waals surface area contributed by atoms with Crippen molar-refractivity contribution in [3.63, 3.8) is 0 Å². The SMILES string of the molecule is COc1cc(C)c(-c2nc3ccccc3c(=O)n2N=Cc2cc(OC)c(OCC(N)=O)c(Br)c2Br)cc1C(C)C. The number of fused-ring (bicyclic) bond motifs is 1. The summed E-state index contributed by atoms with van der Waals surface area (Å²) in [5.74, 6) is 1.36. The Balaban J connectivity index is 1.94. The fraction of sp³-hybridized carbons (Fsp3) is 0.241. The predicted octanol–water partition coefficient (Wildman–Crippen LogP) is 5.78. The van der Waals surface area contributed by atoms with Gasteiger partial charge < -0.3 is 19.9 Å². The minimum Gasteiger partial charge on any atom is -0.496 e. The highest BCUT2D eigenvalue weighted by molar-refractivity contribution is 9.13. The van der Waals surface area contributed by atoms with E-state index in [1.54, 1.807) is 31.4 Å². The van der Waals surface area contributed by atoms with Crippen LogP contribution in [0.3, 0.4) is 0 Å². The molecule has 11 heteroatoms. The van der Waals surface area contributed by atoms with Crippen molar-refractivity contribution in [2.24, 2.45) is 10.8 Å². The van der Waals surface area contributed by atoms with Gasteiger partial charge in [0.1, 0.15) is 5.75 Å². The highest BCUT2D eigenvalue weighted by Crippen LogP contribution is 2.42. The average molecular weight is 672 g/mol. The molecular weight excluding hydrogens is 644 g/mol. The molecule has 4 rings (SSSR count). The summed E-state index contributed by atoms with van der Waals surface area (Å²) < 4.78 is 19.0. The van der Waals surface area contributed by atoms with Crippen molar-refractivity contribution >= 4 is 54.9 Å². The van der Waals surface area contributed by atoms with Crippen LogP contribution in [0, 0.1) is 6.92 Å². The molecule has 0 aliphatic carbocycles. The molecule has 1 aromatic heterocycles. The maximum Gasteiger partial charge on any atom is 0.282 e. The third-order valence-electron chi connectivity index (χ3n) is 6.24. The van der Waals surface area contributed by atoms with Crippen molar-refractivity contribution in [2.75, 3.05) is 20.8 Å².